The molecule has 0 saturated carbocycles. The lowest BCUT2D eigenvalue weighted by Gasteiger charge is -2.16. The van der Waals surface area contributed by atoms with Gasteiger partial charge in [0.15, 0.2) is 5.60 Å². The van der Waals surface area contributed by atoms with Crippen LogP contribution in [0.15, 0.2) is 12.2 Å². The minimum Gasteiger partial charge on any atom is -0.456 e. The van der Waals surface area contributed by atoms with Crippen LogP contribution in [-0.2, 0) is 14.3 Å². The predicted octanol–water partition coefficient (Wildman–Crippen LogP) is -0.190. The highest BCUT2D eigenvalue weighted by Gasteiger charge is 2.38. The number of ether oxygens (including phenoxy) is 1. The summed E-state index contributed by atoms with van der Waals surface area (Å²) >= 11 is 0. The number of carbonyl (C=O) groups excluding carboxylic acids is 2. The van der Waals surface area contributed by atoms with E-state index < -0.39 is 17.4 Å². The fraction of sp³-hybridized carbons (Fsp3) is 0.500. The highest BCUT2D eigenvalue weighted by molar-refractivity contribution is 6.37. The normalized spacial score (nSPS) is 29.8. The van der Waals surface area contributed by atoms with Gasteiger partial charge in [-0.25, -0.2) is 4.79 Å². The first kappa shape index (κ1) is 8.93. The lowest BCUT2D eigenvalue weighted by Crippen LogP contribution is -2.40. The van der Waals surface area contributed by atoms with Crippen LogP contribution in [-0.4, -0.2) is 29.1 Å². The van der Waals surface area contributed by atoms with Crippen molar-refractivity contribution in [2.24, 2.45) is 0 Å². The van der Waals surface area contributed by atoms with Crippen molar-refractivity contribution in [2.75, 3.05) is 6.61 Å². The first-order valence-corrected chi connectivity index (χ1v) is 3.72. The van der Waals surface area contributed by atoms with E-state index in [2.05, 4.69) is 4.74 Å². The van der Waals surface area contributed by atoms with Crippen LogP contribution >= 0.6 is 0 Å². The molecular formula is C8H10O4. The van der Waals surface area contributed by atoms with Crippen molar-refractivity contribution in [3.05, 3.63) is 12.2 Å². The minimum absolute atomic E-state index is 0.0485. The Bertz CT molecular complexity index is 243. The van der Waals surface area contributed by atoms with Gasteiger partial charge in [0.05, 0.1) is 0 Å². The van der Waals surface area contributed by atoms with Crippen molar-refractivity contribution >= 4 is 11.8 Å². The molecule has 0 amide bonds. The van der Waals surface area contributed by atoms with Gasteiger partial charge in [0.2, 0.25) is 0 Å². The van der Waals surface area contributed by atoms with Gasteiger partial charge in [-0.2, -0.15) is 0 Å². The molecule has 0 spiro atoms. The van der Waals surface area contributed by atoms with Crippen LogP contribution in [0.2, 0.25) is 0 Å². The molecule has 0 aromatic carbocycles. The molecule has 4 nitrogen and oxygen atoms in total. The second-order valence-corrected chi connectivity index (χ2v) is 2.61. The molecule has 1 aliphatic heterocycles. The van der Waals surface area contributed by atoms with Gasteiger partial charge in [0, 0.05) is 0 Å². The summed E-state index contributed by atoms with van der Waals surface area (Å²) in [6.45, 7) is 1.67. The number of cyclic esters (lactones) is 1. The highest BCUT2D eigenvalue weighted by atomic mass is 16.5. The number of carbonyl (C=O) groups is 2. The Hall–Kier alpha value is -1.16. The number of aliphatic hydroxyl groups is 1. The lowest BCUT2D eigenvalue weighted by molar-refractivity contribution is -0.159. The molecule has 4 heteroatoms. The molecule has 1 heterocycles. The van der Waals surface area contributed by atoms with Gasteiger partial charge in [-0.05, 0) is 18.6 Å². The Morgan fingerprint density at radius 1 is 1.67 bits per heavy atom. The summed E-state index contributed by atoms with van der Waals surface area (Å²) in [5.41, 5.74) is -1.66. The zero-order valence-corrected chi connectivity index (χ0v) is 6.74. The largest absolute Gasteiger partial charge is 0.456 e. The predicted molar refractivity (Wildman–Crippen MR) is 40.3 cm³/mol. The van der Waals surface area contributed by atoms with Gasteiger partial charge in [-0.3, -0.25) is 4.79 Å². The number of ketones is 1. The van der Waals surface area contributed by atoms with E-state index in [1.165, 1.54) is 12.2 Å². The minimum atomic E-state index is -1.66. The standard InChI is InChI=1S/C8H10O4/c1-2-8(11)4-3-5-12-7(10)6(8)9/h3-4,11H,2,5H2,1H3/t8-/m1/s1. The summed E-state index contributed by atoms with van der Waals surface area (Å²) in [7, 11) is 0. The van der Waals surface area contributed by atoms with Gasteiger partial charge in [0.25, 0.3) is 5.78 Å². The third kappa shape index (κ3) is 1.38. The third-order valence-corrected chi connectivity index (χ3v) is 1.82. The Balaban J connectivity index is 2.97. The second kappa shape index (κ2) is 3.06. The topological polar surface area (TPSA) is 63.6 Å². The van der Waals surface area contributed by atoms with Crippen LogP contribution in [0.5, 0.6) is 0 Å². The molecule has 0 saturated heterocycles. The highest BCUT2D eigenvalue weighted by Crippen LogP contribution is 2.16. The molecule has 0 radical (unpaired) electrons. The van der Waals surface area contributed by atoms with Gasteiger partial charge < -0.3 is 9.84 Å². The first-order chi connectivity index (χ1) is 5.60. The smallest absolute Gasteiger partial charge is 0.378 e. The summed E-state index contributed by atoms with van der Waals surface area (Å²) in [6, 6.07) is 0. The molecule has 66 valence electrons. The van der Waals surface area contributed by atoms with Crippen LogP contribution in [0.4, 0.5) is 0 Å². The molecule has 12 heavy (non-hydrogen) atoms. The van der Waals surface area contributed by atoms with Gasteiger partial charge in [-0.1, -0.05) is 6.92 Å². The van der Waals surface area contributed by atoms with Crippen LogP contribution in [0.3, 0.4) is 0 Å². The van der Waals surface area contributed by atoms with Crippen LogP contribution < -0.4 is 0 Å². The average molecular weight is 170 g/mol. The van der Waals surface area contributed by atoms with Crippen molar-refractivity contribution in [1.82, 2.24) is 0 Å². The Morgan fingerprint density at radius 3 is 2.92 bits per heavy atom. The number of esters is 1. The number of Topliss-reactive ketones (excluding diaryl/α,β-unsaturated/α-hetero) is 1. The second-order valence-electron chi connectivity index (χ2n) is 2.61. The zero-order valence-electron chi connectivity index (χ0n) is 6.74. The molecule has 0 aliphatic carbocycles. The number of hydrogen-bond acceptors (Lipinski definition) is 4. The van der Waals surface area contributed by atoms with Crippen LogP contribution in [0, 0.1) is 0 Å². The summed E-state index contributed by atoms with van der Waals surface area (Å²) in [6.07, 6.45) is 2.95. The zero-order chi connectivity index (χ0) is 9.19. The van der Waals surface area contributed by atoms with Gasteiger partial charge in [0.1, 0.15) is 6.61 Å². The summed E-state index contributed by atoms with van der Waals surface area (Å²) in [5, 5.41) is 9.56. The van der Waals surface area contributed by atoms with E-state index in [1.54, 1.807) is 6.92 Å². The molecule has 1 atom stereocenters. The molecule has 0 bridgehead atoms. The average Bonchev–Trinajstić information content (AvgIpc) is 2.20. The van der Waals surface area contributed by atoms with E-state index in [9.17, 15) is 14.7 Å². The van der Waals surface area contributed by atoms with E-state index in [-0.39, 0.29) is 13.0 Å². The maximum Gasteiger partial charge on any atom is 0.378 e. The van der Waals surface area contributed by atoms with Crippen molar-refractivity contribution in [3.8, 4) is 0 Å². The first-order valence-electron chi connectivity index (χ1n) is 3.72. The quantitative estimate of drug-likeness (QED) is 0.336. The Kier molecular flexibility index (Phi) is 2.28. The molecule has 0 unspecified atom stereocenters. The maximum atomic E-state index is 11.1. The molecule has 1 aliphatic rings. The molecule has 1 rings (SSSR count). The van der Waals surface area contributed by atoms with Gasteiger partial charge >= 0.3 is 5.97 Å². The fourth-order valence-corrected chi connectivity index (χ4v) is 0.963. The number of rotatable bonds is 1. The maximum absolute atomic E-state index is 11.1. The van der Waals surface area contributed by atoms with Gasteiger partial charge in [-0.15, -0.1) is 0 Å². The van der Waals surface area contributed by atoms with E-state index in [4.69, 9.17) is 0 Å². The summed E-state index contributed by atoms with van der Waals surface area (Å²) in [4.78, 5) is 21.9. The third-order valence-electron chi connectivity index (χ3n) is 1.82. The van der Waals surface area contributed by atoms with Crippen LogP contribution in [0.25, 0.3) is 0 Å². The van der Waals surface area contributed by atoms with E-state index in [1.807, 2.05) is 0 Å². The lowest BCUT2D eigenvalue weighted by atomic mass is 9.95. The van der Waals surface area contributed by atoms with E-state index >= 15 is 0 Å². The monoisotopic (exact) mass is 170 g/mol. The molecule has 1 N–H and O–H groups in total. The molecule has 0 aromatic heterocycles. The molecule has 0 aromatic rings. The van der Waals surface area contributed by atoms with Crippen molar-refractivity contribution in [1.29, 1.82) is 0 Å². The molecular weight excluding hydrogens is 160 g/mol. The van der Waals surface area contributed by atoms with Crippen molar-refractivity contribution in [2.45, 2.75) is 18.9 Å². The van der Waals surface area contributed by atoms with Crippen molar-refractivity contribution < 1.29 is 19.4 Å². The van der Waals surface area contributed by atoms with E-state index in [0.29, 0.717) is 0 Å². The molecule has 0 fully saturated rings. The number of hydrogen-bond donors (Lipinski definition) is 1. The van der Waals surface area contributed by atoms with Crippen molar-refractivity contribution in [3.63, 3.8) is 0 Å². The Labute approximate surface area is 69.8 Å². The van der Waals surface area contributed by atoms with Crippen LogP contribution in [0.1, 0.15) is 13.3 Å². The SMILES string of the molecule is CC[C@@]1(O)C=CCOC(=O)C1=O. The Morgan fingerprint density at radius 2 is 2.33 bits per heavy atom. The van der Waals surface area contributed by atoms with E-state index in [0.717, 1.165) is 0 Å². The summed E-state index contributed by atoms with van der Waals surface area (Å²) < 4.78 is 4.48. The summed E-state index contributed by atoms with van der Waals surface area (Å²) in [5.74, 6) is -1.86. The fourth-order valence-electron chi connectivity index (χ4n) is 0.963.